The normalized spacial score (nSPS) is 11.2. The van der Waals surface area contributed by atoms with E-state index in [0.29, 0.717) is 5.02 Å². The Bertz CT molecular complexity index is 756. The molecule has 2 aromatic heterocycles. The molecule has 0 unspecified atom stereocenters. The van der Waals surface area contributed by atoms with Crippen LogP contribution in [0, 0.1) is 0 Å². The first-order valence-corrected chi connectivity index (χ1v) is 8.67. The van der Waals surface area contributed by atoms with Crippen LogP contribution in [0.25, 0.3) is 5.65 Å². The topological polar surface area (TPSA) is 29.3 Å². The molecule has 0 aliphatic carbocycles. The lowest BCUT2D eigenvalue weighted by atomic mass is 10.4. The van der Waals surface area contributed by atoms with E-state index in [1.54, 1.807) is 0 Å². The average Bonchev–Trinajstić information content (AvgIpc) is 2.90. The molecule has 0 saturated heterocycles. The third-order valence-corrected chi connectivity index (χ3v) is 4.62. The highest BCUT2D eigenvalue weighted by Gasteiger charge is 2.01. The maximum Gasteiger partial charge on any atom is 0.137 e. The first-order chi connectivity index (χ1) is 10.7. The van der Waals surface area contributed by atoms with E-state index in [4.69, 9.17) is 23.2 Å². The summed E-state index contributed by atoms with van der Waals surface area (Å²) in [5, 5.41) is 4.89. The van der Waals surface area contributed by atoms with Crippen LogP contribution in [0.3, 0.4) is 0 Å². The number of thioether (sulfide) groups is 1. The highest BCUT2D eigenvalue weighted by atomic mass is 35.5. The van der Waals surface area contributed by atoms with Gasteiger partial charge in [0.2, 0.25) is 0 Å². The second-order valence-electron chi connectivity index (χ2n) is 4.82. The second kappa shape index (κ2) is 7.38. The summed E-state index contributed by atoms with van der Waals surface area (Å²) in [6, 6.07) is 11.7. The number of aromatic nitrogens is 2. The van der Waals surface area contributed by atoms with E-state index < -0.39 is 0 Å². The molecule has 0 spiro atoms. The summed E-state index contributed by atoms with van der Waals surface area (Å²) in [4.78, 5) is 5.77. The predicted octanol–water partition coefficient (Wildman–Crippen LogP) is 4.52. The first-order valence-electron chi connectivity index (χ1n) is 6.93. The molecule has 0 radical (unpaired) electrons. The predicted molar refractivity (Wildman–Crippen MR) is 94.1 cm³/mol. The number of halogens is 2. The van der Waals surface area contributed by atoms with Gasteiger partial charge in [0, 0.05) is 41.2 Å². The zero-order valence-corrected chi connectivity index (χ0v) is 14.1. The van der Waals surface area contributed by atoms with Crippen LogP contribution in [0.15, 0.2) is 53.7 Å². The molecule has 3 rings (SSSR count). The number of nitrogens with zero attached hydrogens (tertiary/aromatic N) is 2. The van der Waals surface area contributed by atoms with E-state index in [0.717, 1.165) is 35.2 Å². The number of rotatable bonds is 6. The summed E-state index contributed by atoms with van der Waals surface area (Å²) in [5.41, 5.74) is 1.93. The number of hydrogen-bond acceptors (Lipinski definition) is 3. The molecule has 3 aromatic rings. The monoisotopic (exact) mass is 351 g/mol. The largest absolute Gasteiger partial charge is 0.310 e. The van der Waals surface area contributed by atoms with Crippen molar-refractivity contribution in [2.45, 2.75) is 11.4 Å². The average molecular weight is 352 g/mol. The molecule has 0 fully saturated rings. The van der Waals surface area contributed by atoms with Crippen molar-refractivity contribution in [1.82, 2.24) is 14.7 Å². The Balaban J connectivity index is 1.45. The molecule has 2 heterocycles. The van der Waals surface area contributed by atoms with Crippen LogP contribution in [0.5, 0.6) is 0 Å². The van der Waals surface area contributed by atoms with E-state index in [1.165, 1.54) is 4.90 Å². The highest BCUT2D eigenvalue weighted by Crippen LogP contribution is 2.19. The molecule has 0 aliphatic heterocycles. The Morgan fingerprint density at radius 3 is 2.59 bits per heavy atom. The summed E-state index contributed by atoms with van der Waals surface area (Å²) in [5.74, 6) is 1.00. The van der Waals surface area contributed by atoms with Crippen molar-refractivity contribution in [3.63, 3.8) is 0 Å². The van der Waals surface area contributed by atoms with Crippen LogP contribution < -0.4 is 5.32 Å². The Morgan fingerprint density at radius 1 is 1.00 bits per heavy atom. The molecule has 0 aliphatic rings. The van der Waals surface area contributed by atoms with Gasteiger partial charge in [0.25, 0.3) is 0 Å². The highest BCUT2D eigenvalue weighted by molar-refractivity contribution is 7.99. The van der Waals surface area contributed by atoms with Crippen molar-refractivity contribution in [2.24, 2.45) is 0 Å². The molecule has 6 heteroatoms. The van der Waals surface area contributed by atoms with Gasteiger partial charge in [0.1, 0.15) is 5.65 Å². The molecule has 114 valence electrons. The number of fused-ring (bicyclic) bond motifs is 1. The molecule has 0 bridgehead atoms. The molecular formula is C16H15Cl2N3S. The molecule has 0 saturated carbocycles. The van der Waals surface area contributed by atoms with E-state index in [1.807, 2.05) is 65.0 Å². The lowest BCUT2D eigenvalue weighted by Gasteiger charge is -2.03. The van der Waals surface area contributed by atoms with Crippen molar-refractivity contribution < 1.29 is 0 Å². The Labute approximate surface area is 143 Å². The van der Waals surface area contributed by atoms with Crippen molar-refractivity contribution in [3.8, 4) is 0 Å². The molecule has 3 nitrogen and oxygen atoms in total. The Morgan fingerprint density at radius 2 is 1.77 bits per heavy atom. The third kappa shape index (κ3) is 4.17. The zero-order chi connectivity index (χ0) is 15.4. The Kier molecular flexibility index (Phi) is 5.26. The summed E-state index contributed by atoms with van der Waals surface area (Å²) in [6.45, 7) is 1.67. The molecule has 0 amide bonds. The minimum Gasteiger partial charge on any atom is -0.310 e. The maximum atomic E-state index is 5.97. The van der Waals surface area contributed by atoms with Crippen LogP contribution in [-0.4, -0.2) is 21.7 Å². The zero-order valence-electron chi connectivity index (χ0n) is 11.8. The quantitative estimate of drug-likeness (QED) is 0.522. The molecule has 1 N–H and O–H groups in total. The molecule has 0 atom stereocenters. The summed E-state index contributed by atoms with van der Waals surface area (Å²) in [6.07, 6.45) is 3.87. The van der Waals surface area contributed by atoms with Gasteiger partial charge in [-0.1, -0.05) is 23.2 Å². The number of benzene rings is 1. The number of imidazole rings is 1. The van der Waals surface area contributed by atoms with Gasteiger partial charge in [-0.15, -0.1) is 11.8 Å². The van der Waals surface area contributed by atoms with Gasteiger partial charge >= 0.3 is 0 Å². The minimum atomic E-state index is 0.712. The number of pyridine rings is 1. The van der Waals surface area contributed by atoms with Crippen molar-refractivity contribution in [3.05, 3.63) is 64.5 Å². The smallest absolute Gasteiger partial charge is 0.137 e. The van der Waals surface area contributed by atoms with Crippen molar-refractivity contribution >= 4 is 40.6 Å². The Hall–Kier alpha value is -1.20. The fraction of sp³-hybridized carbons (Fsp3) is 0.188. The first kappa shape index (κ1) is 15.7. The number of hydrogen-bond donors (Lipinski definition) is 1. The van der Waals surface area contributed by atoms with Crippen LogP contribution in [0.1, 0.15) is 5.69 Å². The van der Waals surface area contributed by atoms with Crippen LogP contribution in [-0.2, 0) is 6.54 Å². The fourth-order valence-electron chi connectivity index (χ4n) is 2.09. The van der Waals surface area contributed by atoms with E-state index in [9.17, 15) is 0 Å². The minimum absolute atomic E-state index is 0.712. The van der Waals surface area contributed by atoms with Gasteiger partial charge in [-0.05, 0) is 36.4 Å². The third-order valence-electron chi connectivity index (χ3n) is 3.13. The van der Waals surface area contributed by atoms with Gasteiger partial charge in [0.15, 0.2) is 0 Å². The van der Waals surface area contributed by atoms with Gasteiger partial charge in [-0.25, -0.2) is 4.98 Å². The second-order valence-corrected chi connectivity index (χ2v) is 6.87. The SMILES string of the molecule is Clc1ccc(SCCNCc2cn3cc(Cl)ccc3n2)cc1. The lowest BCUT2D eigenvalue weighted by Crippen LogP contribution is -2.16. The molecule has 1 aromatic carbocycles. The van der Waals surface area contributed by atoms with Crippen molar-refractivity contribution in [1.29, 1.82) is 0 Å². The summed E-state index contributed by atoms with van der Waals surface area (Å²) < 4.78 is 1.95. The van der Waals surface area contributed by atoms with Gasteiger partial charge < -0.3 is 9.72 Å². The molecular weight excluding hydrogens is 337 g/mol. The van der Waals surface area contributed by atoms with Crippen LogP contribution >= 0.6 is 35.0 Å². The van der Waals surface area contributed by atoms with Crippen molar-refractivity contribution in [2.75, 3.05) is 12.3 Å². The van der Waals surface area contributed by atoms with E-state index in [2.05, 4.69) is 10.3 Å². The molecule has 22 heavy (non-hydrogen) atoms. The number of nitrogens with one attached hydrogen (secondary N) is 1. The maximum absolute atomic E-state index is 5.97. The van der Waals surface area contributed by atoms with Gasteiger partial charge in [-0.2, -0.15) is 0 Å². The van der Waals surface area contributed by atoms with Crippen LogP contribution in [0.2, 0.25) is 10.0 Å². The lowest BCUT2D eigenvalue weighted by molar-refractivity contribution is 0.719. The van der Waals surface area contributed by atoms with E-state index >= 15 is 0 Å². The fourth-order valence-corrected chi connectivity index (χ4v) is 3.20. The summed E-state index contributed by atoms with van der Waals surface area (Å²) >= 11 is 13.6. The van der Waals surface area contributed by atoms with Crippen LogP contribution in [0.4, 0.5) is 0 Å². The standard InChI is InChI=1S/C16H15Cl2N3S/c17-12-1-4-15(5-2-12)22-8-7-19-9-14-11-21-10-13(18)3-6-16(21)20-14/h1-6,10-11,19H,7-9H2. The summed E-state index contributed by atoms with van der Waals surface area (Å²) in [7, 11) is 0. The van der Waals surface area contributed by atoms with Gasteiger partial charge in [-0.3, -0.25) is 0 Å². The van der Waals surface area contributed by atoms with Gasteiger partial charge in [0.05, 0.1) is 10.7 Å². The van der Waals surface area contributed by atoms with E-state index in [-0.39, 0.29) is 0 Å².